The summed E-state index contributed by atoms with van der Waals surface area (Å²) in [7, 11) is 0. The second kappa shape index (κ2) is 10.00. The molecule has 0 radical (unpaired) electrons. The molecule has 4 heteroatoms. The molecule has 2 N–H and O–H groups in total. The average molecular weight is 336 g/mol. The van der Waals surface area contributed by atoms with Crippen molar-refractivity contribution < 1.29 is 19.7 Å². The number of hydrogen-bond donors (Lipinski definition) is 2. The lowest BCUT2D eigenvalue weighted by molar-refractivity contribution is -0.151. The van der Waals surface area contributed by atoms with Gasteiger partial charge in [0, 0.05) is 24.7 Å². The number of carbonyl (C=O) groups excluding carboxylic acids is 1. The van der Waals surface area contributed by atoms with Gasteiger partial charge in [0.1, 0.15) is 6.10 Å². The highest BCUT2D eigenvalue weighted by molar-refractivity contribution is 5.69. The molecule has 0 saturated heterocycles. The number of esters is 1. The Morgan fingerprint density at radius 1 is 1.38 bits per heavy atom. The third kappa shape index (κ3) is 5.75. The maximum absolute atomic E-state index is 11.9. The van der Waals surface area contributed by atoms with E-state index < -0.39 is 12.2 Å². The van der Waals surface area contributed by atoms with Crippen molar-refractivity contribution in [3.63, 3.8) is 0 Å². The number of aliphatic hydroxyl groups is 2. The Kier molecular flexibility index (Phi) is 8.00. The summed E-state index contributed by atoms with van der Waals surface area (Å²) in [5, 5.41) is 20.5. The first-order valence-electron chi connectivity index (χ1n) is 9.50. The maximum atomic E-state index is 11.9. The van der Waals surface area contributed by atoms with Crippen LogP contribution in [0.2, 0.25) is 0 Å². The van der Waals surface area contributed by atoms with Crippen molar-refractivity contribution in [2.45, 2.75) is 83.0 Å². The first kappa shape index (κ1) is 19.2. The molecule has 0 bridgehead atoms. The lowest BCUT2D eigenvalue weighted by Crippen LogP contribution is -2.25. The molecular formula is C20H32O4. The standard InChI is InChI=1S/C20H32O4/c1-2-3-6-9-15(21)12-13-16-17-10-7-4-5-8-11-20(23)24-19(17)14-18(16)22/h4,7,12-13,15-19,21-22H,2-3,5-6,8-11,14H2,1H3/t15-,16+,17+,18+,19-/m0/s1. The largest absolute Gasteiger partial charge is 0.462 e. The lowest BCUT2D eigenvalue weighted by Gasteiger charge is -2.23. The summed E-state index contributed by atoms with van der Waals surface area (Å²) in [5.74, 6) is -0.123. The molecule has 136 valence electrons. The van der Waals surface area contributed by atoms with Crippen LogP contribution in [0.3, 0.4) is 0 Å². The van der Waals surface area contributed by atoms with Crippen molar-refractivity contribution in [2.75, 3.05) is 0 Å². The maximum Gasteiger partial charge on any atom is 0.306 e. The van der Waals surface area contributed by atoms with E-state index in [-0.39, 0.29) is 23.9 Å². The lowest BCUT2D eigenvalue weighted by atomic mass is 9.89. The molecule has 1 aliphatic carbocycles. The van der Waals surface area contributed by atoms with E-state index in [2.05, 4.69) is 19.1 Å². The molecule has 5 atom stereocenters. The van der Waals surface area contributed by atoms with Crippen molar-refractivity contribution >= 4 is 5.97 Å². The van der Waals surface area contributed by atoms with Crippen LogP contribution >= 0.6 is 0 Å². The normalized spacial score (nSPS) is 32.5. The van der Waals surface area contributed by atoms with E-state index in [0.717, 1.165) is 44.9 Å². The topological polar surface area (TPSA) is 66.8 Å². The summed E-state index contributed by atoms with van der Waals surface area (Å²) in [6.45, 7) is 2.14. The smallest absolute Gasteiger partial charge is 0.306 e. The van der Waals surface area contributed by atoms with E-state index in [9.17, 15) is 15.0 Å². The van der Waals surface area contributed by atoms with Crippen LogP contribution in [0.15, 0.2) is 24.3 Å². The quantitative estimate of drug-likeness (QED) is 0.442. The zero-order valence-electron chi connectivity index (χ0n) is 14.8. The molecule has 1 fully saturated rings. The molecule has 0 spiro atoms. The van der Waals surface area contributed by atoms with Crippen LogP contribution < -0.4 is 0 Å². The van der Waals surface area contributed by atoms with Crippen LogP contribution in [0, 0.1) is 11.8 Å². The molecule has 2 aliphatic rings. The SMILES string of the molecule is CCCCC[C@H](O)C=C[C@@H]1[C@H]2CC=CCCCC(=O)O[C@H]2C[C@H]1O. The summed E-state index contributed by atoms with van der Waals surface area (Å²) in [6.07, 6.45) is 14.3. The number of ether oxygens (including phenoxy) is 1. The number of allylic oxidation sites excluding steroid dienone is 2. The summed E-state index contributed by atoms with van der Waals surface area (Å²) in [4.78, 5) is 11.9. The van der Waals surface area contributed by atoms with Gasteiger partial charge >= 0.3 is 5.97 Å². The van der Waals surface area contributed by atoms with Crippen molar-refractivity contribution in [1.82, 2.24) is 0 Å². The predicted octanol–water partition coefficient (Wildman–Crippen LogP) is 3.52. The van der Waals surface area contributed by atoms with Crippen molar-refractivity contribution in [3.8, 4) is 0 Å². The fourth-order valence-corrected chi connectivity index (χ4v) is 3.74. The summed E-state index contributed by atoms with van der Waals surface area (Å²) >= 11 is 0. The van der Waals surface area contributed by atoms with Gasteiger partial charge in [0.25, 0.3) is 0 Å². The highest BCUT2D eigenvalue weighted by Crippen LogP contribution is 2.38. The van der Waals surface area contributed by atoms with Gasteiger partial charge in [-0.05, 0) is 25.7 Å². The van der Waals surface area contributed by atoms with Gasteiger partial charge in [0.2, 0.25) is 0 Å². The third-order valence-corrected chi connectivity index (χ3v) is 5.16. The van der Waals surface area contributed by atoms with Gasteiger partial charge in [-0.15, -0.1) is 0 Å². The Morgan fingerprint density at radius 2 is 2.21 bits per heavy atom. The van der Waals surface area contributed by atoms with Gasteiger partial charge in [0.05, 0.1) is 12.2 Å². The highest BCUT2D eigenvalue weighted by atomic mass is 16.5. The fraction of sp³-hybridized carbons (Fsp3) is 0.750. The molecule has 0 aromatic rings. The highest BCUT2D eigenvalue weighted by Gasteiger charge is 2.42. The van der Waals surface area contributed by atoms with Crippen LogP contribution in [0.4, 0.5) is 0 Å². The van der Waals surface area contributed by atoms with Crippen LogP contribution in [-0.4, -0.2) is 34.5 Å². The minimum Gasteiger partial charge on any atom is -0.462 e. The van der Waals surface area contributed by atoms with E-state index in [0.29, 0.717) is 12.8 Å². The van der Waals surface area contributed by atoms with E-state index in [1.54, 1.807) is 0 Å². The van der Waals surface area contributed by atoms with E-state index in [1.807, 2.05) is 12.2 Å². The van der Waals surface area contributed by atoms with E-state index >= 15 is 0 Å². The fourth-order valence-electron chi connectivity index (χ4n) is 3.74. The summed E-state index contributed by atoms with van der Waals surface area (Å²) < 4.78 is 5.61. The van der Waals surface area contributed by atoms with Crippen molar-refractivity contribution in [1.29, 1.82) is 0 Å². The Labute approximate surface area is 145 Å². The molecular weight excluding hydrogens is 304 g/mol. The molecule has 0 aromatic carbocycles. The number of fused-ring (bicyclic) bond motifs is 1. The first-order chi connectivity index (χ1) is 11.6. The van der Waals surface area contributed by atoms with Gasteiger partial charge in [0.15, 0.2) is 0 Å². The second-order valence-corrected chi connectivity index (χ2v) is 7.12. The van der Waals surface area contributed by atoms with Crippen LogP contribution in [0.1, 0.15) is 64.7 Å². The molecule has 24 heavy (non-hydrogen) atoms. The molecule has 1 aliphatic heterocycles. The molecule has 4 nitrogen and oxygen atoms in total. The van der Waals surface area contributed by atoms with Crippen LogP contribution in [0.5, 0.6) is 0 Å². The first-order valence-corrected chi connectivity index (χ1v) is 9.50. The molecule has 1 heterocycles. The summed E-state index contributed by atoms with van der Waals surface area (Å²) in [6, 6.07) is 0. The Morgan fingerprint density at radius 3 is 3.00 bits per heavy atom. The molecule has 1 saturated carbocycles. The molecule has 0 unspecified atom stereocenters. The number of rotatable bonds is 6. The third-order valence-electron chi connectivity index (χ3n) is 5.16. The number of carbonyl (C=O) groups is 1. The van der Waals surface area contributed by atoms with Gasteiger partial charge < -0.3 is 14.9 Å². The zero-order valence-corrected chi connectivity index (χ0v) is 14.8. The minimum atomic E-state index is -0.513. The van der Waals surface area contributed by atoms with Crippen LogP contribution in [0.25, 0.3) is 0 Å². The van der Waals surface area contributed by atoms with E-state index in [4.69, 9.17) is 4.74 Å². The number of aliphatic hydroxyl groups excluding tert-OH is 2. The van der Waals surface area contributed by atoms with Gasteiger partial charge in [-0.3, -0.25) is 4.79 Å². The molecule has 0 amide bonds. The van der Waals surface area contributed by atoms with Gasteiger partial charge in [-0.1, -0.05) is 50.5 Å². The second-order valence-electron chi connectivity index (χ2n) is 7.12. The van der Waals surface area contributed by atoms with Gasteiger partial charge in [-0.25, -0.2) is 0 Å². The minimum absolute atomic E-state index is 0.0623. The van der Waals surface area contributed by atoms with Crippen molar-refractivity contribution in [2.24, 2.45) is 11.8 Å². The Bertz CT molecular complexity index is 443. The van der Waals surface area contributed by atoms with Gasteiger partial charge in [-0.2, -0.15) is 0 Å². The molecule has 0 aromatic heterocycles. The van der Waals surface area contributed by atoms with Crippen LogP contribution in [-0.2, 0) is 9.53 Å². The Balaban J connectivity index is 1.99. The van der Waals surface area contributed by atoms with Crippen molar-refractivity contribution in [3.05, 3.63) is 24.3 Å². The number of hydrogen-bond acceptors (Lipinski definition) is 4. The average Bonchev–Trinajstić information content (AvgIpc) is 2.84. The Hall–Kier alpha value is -1.13. The predicted molar refractivity (Wildman–Crippen MR) is 94.4 cm³/mol. The zero-order chi connectivity index (χ0) is 17.4. The van der Waals surface area contributed by atoms with E-state index in [1.165, 1.54) is 0 Å². The summed E-state index contributed by atoms with van der Waals surface area (Å²) in [5.41, 5.74) is 0. The monoisotopic (exact) mass is 336 g/mol. The number of unbranched alkanes of at least 4 members (excludes halogenated alkanes) is 2. The molecule has 2 rings (SSSR count).